The molecule has 0 bridgehead atoms. The van der Waals surface area contributed by atoms with Gasteiger partial charge in [0.2, 0.25) is 0 Å². The molecule has 1 aromatic heterocycles. The molecule has 1 heterocycles. The van der Waals surface area contributed by atoms with Crippen molar-refractivity contribution in [3.8, 4) is 0 Å². The Hall–Kier alpha value is -1.76. The highest BCUT2D eigenvalue weighted by molar-refractivity contribution is 6.08. The molecule has 1 unspecified atom stereocenters. The Bertz CT molecular complexity index is 844. The minimum Gasteiger partial charge on any atom is -0.354 e. The van der Waals surface area contributed by atoms with Gasteiger partial charge in [-0.05, 0) is 24.0 Å². The Morgan fingerprint density at radius 1 is 0.655 bits per heavy atom. The van der Waals surface area contributed by atoms with Crippen molar-refractivity contribution < 1.29 is 0 Å². The van der Waals surface area contributed by atoms with Gasteiger partial charge in [-0.3, -0.25) is 0 Å². The summed E-state index contributed by atoms with van der Waals surface area (Å²) >= 11 is 0. The summed E-state index contributed by atoms with van der Waals surface area (Å²) in [7, 11) is 0. The number of aromatic amines is 1. The lowest BCUT2D eigenvalue weighted by molar-refractivity contribution is 0.529. The van der Waals surface area contributed by atoms with Crippen LogP contribution in [-0.4, -0.2) is 4.98 Å². The largest absolute Gasteiger partial charge is 0.354 e. The first-order valence-electron chi connectivity index (χ1n) is 12.3. The van der Waals surface area contributed by atoms with Gasteiger partial charge in [-0.2, -0.15) is 0 Å². The van der Waals surface area contributed by atoms with E-state index in [9.17, 15) is 0 Å². The second-order valence-corrected chi connectivity index (χ2v) is 9.02. The number of fused-ring (bicyclic) bond motifs is 3. The third kappa shape index (κ3) is 6.36. The van der Waals surface area contributed by atoms with Crippen LogP contribution in [0.4, 0.5) is 0 Å². The molecule has 158 valence electrons. The molecule has 0 aliphatic carbocycles. The number of unbranched alkanes of at least 4 members (excludes halogenated alkanes) is 11. The van der Waals surface area contributed by atoms with Crippen LogP contribution in [0.3, 0.4) is 0 Å². The van der Waals surface area contributed by atoms with E-state index in [-0.39, 0.29) is 0 Å². The molecular weight excluding hydrogens is 350 g/mol. The van der Waals surface area contributed by atoms with Crippen LogP contribution in [0.15, 0.2) is 42.5 Å². The van der Waals surface area contributed by atoms with E-state index < -0.39 is 0 Å². The van der Waals surface area contributed by atoms with E-state index in [4.69, 9.17) is 0 Å². The molecule has 1 atom stereocenters. The summed E-state index contributed by atoms with van der Waals surface area (Å²) in [6.45, 7) is 4.70. The molecule has 0 amide bonds. The van der Waals surface area contributed by atoms with E-state index in [0.717, 1.165) is 0 Å². The van der Waals surface area contributed by atoms with Crippen molar-refractivity contribution in [3.05, 3.63) is 48.0 Å². The number of hydrogen-bond donors (Lipinski definition) is 1. The van der Waals surface area contributed by atoms with E-state index in [0.29, 0.717) is 5.92 Å². The smallest absolute Gasteiger partial charge is 0.0500 e. The van der Waals surface area contributed by atoms with E-state index in [1.165, 1.54) is 111 Å². The van der Waals surface area contributed by atoms with Gasteiger partial charge in [0.1, 0.15) is 0 Å². The lowest BCUT2D eigenvalue weighted by Gasteiger charge is -2.13. The summed E-state index contributed by atoms with van der Waals surface area (Å²) in [6.07, 6.45) is 18.4. The topological polar surface area (TPSA) is 15.8 Å². The van der Waals surface area contributed by atoms with Crippen molar-refractivity contribution in [2.45, 2.75) is 103 Å². The highest BCUT2D eigenvalue weighted by Crippen LogP contribution is 2.33. The van der Waals surface area contributed by atoms with Gasteiger partial charge in [0.25, 0.3) is 0 Å². The summed E-state index contributed by atoms with van der Waals surface area (Å²) in [5, 5.41) is 2.72. The zero-order chi connectivity index (χ0) is 20.3. The Kier molecular flexibility index (Phi) is 9.12. The Morgan fingerprint density at radius 2 is 1.24 bits per heavy atom. The van der Waals surface area contributed by atoms with Crippen molar-refractivity contribution in [1.29, 1.82) is 0 Å². The molecule has 1 nitrogen and oxygen atoms in total. The lowest BCUT2D eigenvalue weighted by atomic mass is 9.93. The Morgan fingerprint density at radius 3 is 1.93 bits per heavy atom. The first-order valence-corrected chi connectivity index (χ1v) is 12.3. The van der Waals surface area contributed by atoms with Crippen molar-refractivity contribution in [1.82, 2.24) is 4.98 Å². The fourth-order valence-electron chi connectivity index (χ4n) is 4.75. The highest BCUT2D eigenvalue weighted by Gasteiger charge is 2.12. The molecule has 2 aromatic carbocycles. The van der Waals surface area contributed by atoms with Gasteiger partial charge in [0, 0.05) is 21.8 Å². The predicted octanol–water partition coefficient (Wildman–Crippen LogP) is 9.52. The highest BCUT2D eigenvalue weighted by atomic mass is 14.7. The number of rotatable bonds is 14. The fraction of sp³-hybridized carbons (Fsp3) is 0.571. The predicted molar refractivity (Wildman–Crippen MR) is 130 cm³/mol. The normalized spacial score (nSPS) is 12.8. The van der Waals surface area contributed by atoms with Crippen LogP contribution in [0.25, 0.3) is 21.8 Å². The van der Waals surface area contributed by atoms with Gasteiger partial charge in [0.05, 0.1) is 0 Å². The molecule has 0 aliphatic heterocycles. The maximum Gasteiger partial charge on any atom is 0.0500 e. The van der Waals surface area contributed by atoms with Crippen LogP contribution in [0.2, 0.25) is 0 Å². The third-order valence-corrected chi connectivity index (χ3v) is 6.60. The molecule has 0 radical (unpaired) electrons. The number of aromatic nitrogens is 1. The SMILES string of the molecule is CCCCCCCCCCCCCCC(C)c1cccc2c1[nH]c1ccccc12. The zero-order valence-electron chi connectivity index (χ0n) is 18.8. The standard InChI is InChI=1S/C28H41N/c1-3-4-5-6-7-8-9-10-11-12-13-14-18-23(2)24-20-17-21-26-25-19-15-16-22-27(25)29-28(24)26/h15-17,19-23,29H,3-14,18H2,1-2H3. The van der Waals surface area contributed by atoms with Crippen LogP contribution >= 0.6 is 0 Å². The van der Waals surface area contributed by atoms with Gasteiger partial charge in [-0.1, -0.05) is 127 Å². The summed E-state index contributed by atoms with van der Waals surface area (Å²) in [4.78, 5) is 3.67. The summed E-state index contributed by atoms with van der Waals surface area (Å²) in [6, 6.07) is 15.5. The molecular formula is C28H41N. The zero-order valence-corrected chi connectivity index (χ0v) is 18.8. The second kappa shape index (κ2) is 12.1. The maximum absolute atomic E-state index is 3.67. The maximum atomic E-state index is 3.67. The molecule has 3 rings (SSSR count). The van der Waals surface area contributed by atoms with Crippen LogP contribution < -0.4 is 0 Å². The molecule has 0 fully saturated rings. The van der Waals surface area contributed by atoms with Crippen molar-refractivity contribution in [2.75, 3.05) is 0 Å². The molecule has 0 saturated carbocycles. The van der Waals surface area contributed by atoms with Crippen molar-refractivity contribution >= 4 is 21.8 Å². The monoisotopic (exact) mass is 391 g/mol. The second-order valence-electron chi connectivity index (χ2n) is 9.02. The van der Waals surface area contributed by atoms with Gasteiger partial charge < -0.3 is 4.98 Å². The molecule has 0 spiro atoms. The van der Waals surface area contributed by atoms with Gasteiger partial charge in [0.15, 0.2) is 0 Å². The fourth-order valence-corrected chi connectivity index (χ4v) is 4.75. The summed E-state index contributed by atoms with van der Waals surface area (Å²) < 4.78 is 0. The summed E-state index contributed by atoms with van der Waals surface area (Å²) in [5.74, 6) is 0.620. The molecule has 1 heteroatoms. The number of nitrogens with one attached hydrogen (secondary N) is 1. The number of H-pyrrole nitrogens is 1. The Balaban J connectivity index is 1.35. The number of para-hydroxylation sites is 2. The summed E-state index contributed by atoms with van der Waals surface area (Å²) in [5.41, 5.74) is 4.09. The molecule has 29 heavy (non-hydrogen) atoms. The lowest BCUT2D eigenvalue weighted by Crippen LogP contribution is -1.95. The van der Waals surface area contributed by atoms with E-state index in [1.54, 1.807) is 0 Å². The van der Waals surface area contributed by atoms with Crippen molar-refractivity contribution in [3.63, 3.8) is 0 Å². The van der Waals surface area contributed by atoms with Crippen LogP contribution in [0.1, 0.15) is 109 Å². The average molecular weight is 392 g/mol. The first kappa shape index (κ1) is 21.9. The third-order valence-electron chi connectivity index (χ3n) is 6.60. The van der Waals surface area contributed by atoms with E-state index >= 15 is 0 Å². The van der Waals surface area contributed by atoms with E-state index in [2.05, 4.69) is 61.3 Å². The van der Waals surface area contributed by atoms with Gasteiger partial charge in [-0.15, -0.1) is 0 Å². The van der Waals surface area contributed by atoms with Crippen LogP contribution in [0, 0.1) is 0 Å². The van der Waals surface area contributed by atoms with Crippen LogP contribution in [0.5, 0.6) is 0 Å². The number of hydrogen-bond acceptors (Lipinski definition) is 0. The quantitative estimate of drug-likeness (QED) is 0.263. The van der Waals surface area contributed by atoms with Crippen LogP contribution in [-0.2, 0) is 0 Å². The van der Waals surface area contributed by atoms with Gasteiger partial charge >= 0.3 is 0 Å². The molecule has 3 aromatic rings. The minimum absolute atomic E-state index is 0.620. The average Bonchev–Trinajstić information content (AvgIpc) is 3.13. The minimum atomic E-state index is 0.620. The molecule has 0 aliphatic rings. The molecule has 1 N–H and O–H groups in total. The Labute approximate surface area is 178 Å². The van der Waals surface area contributed by atoms with E-state index in [1.807, 2.05) is 0 Å². The van der Waals surface area contributed by atoms with Crippen molar-refractivity contribution in [2.24, 2.45) is 0 Å². The van der Waals surface area contributed by atoms with Gasteiger partial charge in [-0.25, -0.2) is 0 Å². The molecule has 0 saturated heterocycles. The number of benzene rings is 2. The first-order chi connectivity index (χ1) is 14.3.